The minimum atomic E-state index is 0.551. The molecule has 0 spiro atoms. The molecule has 9 aromatic carbocycles. The zero-order chi connectivity index (χ0) is 39.8. The molecule has 0 atom stereocenters. The number of furan rings is 1. The maximum atomic E-state index is 6.81. The van der Waals surface area contributed by atoms with Gasteiger partial charge in [0.15, 0.2) is 5.58 Å². The maximum Gasteiger partial charge on any atom is 0.227 e. The van der Waals surface area contributed by atoms with Gasteiger partial charge in [0.1, 0.15) is 16.7 Å². The van der Waals surface area contributed by atoms with Crippen LogP contribution >= 0.6 is 0 Å². The first-order valence-electron chi connectivity index (χ1n) is 20.1. The second kappa shape index (κ2) is 15.0. The van der Waals surface area contributed by atoms with Gasteiger partial charge in [-0.1, -0.05) is 146 Å². The van der Waals surface area contributed by atoms with Gasteiger partial charge in [0.2, 0.25) is 5.89 Å². The van der Waals surface area contributed by atoms with Crippen molar-refractivity contribution >= 4 is 67.2 Å². The van der Waals surface area contributed by atoms with Crippen LogP contribution in [-0.2, 0) is 0 Å². The monoisotopic (exact) mass is 771 g/mol. The van der Waals surface area contributed by atoms with Crippen LogP contribution in [-0.4, -0.2) is 4.98 Å². The van der Waals surface area contributed by atoms with E-state index >= 15 is 0 Å². The highest BCUT2D eigenvalue weighted by molar-refractivity contribution is 6.08. The van der Waals surface area contributed by atoms with E-state index in [0.29, 0.717) is 11.5 Å². The number of nitrogens with zero attached hydrogens (tertiary/aromatic N) is 3. The molecule has 0 bridgehead atoms. The molecular weight excluding hydrogens is 735 g/mol. The van der Waals surface area contributed by atoms with Gasteiger partial charge in [0.05, 0.1) is 17.1 Å². The molecule has 0 radical (unpaired) electrons. The van der Waals surface area contributed by atoms with Crippen LogP contribution in [0, 0.1) is 0 Å². The molecule has 0 aliphatic carbocycles. The first kappa shape index (κ1) is 35.0. The third-order valence-electron chi connectivity index (χ3n) is 11.1. The summed E-state index contributed by atoms with van der Waals surface area (Å²) in [5, 5.41) is 2.10. The number of para-hydroxylation sites is 3. The fourth-order valence-electron chi connectivity index (χ4n) is 8.25. The summed E-state index contributed by atoms with van der Waals surface area (Å²) < 4.78 is 13.2. The summed E-state index contributed by atoms with van der Waals surface area (Å²) in [4.78, 5) is 9.92. The number of hydrogen-bond acceptors (Lipinski definition) is 5. The molecule has 60 heavy (non-hydrogen) atoms. The topological polar surface area (TPSA) is 45.7 Å². The van der Waals surface area contributed by atoms with Gasteiger partial charge in [0, 0.05) is 45.0 Å². The summed E-state index contributed by atoms with van der Waals surface area (Å²) in [5.41, 5.74) is 14.3. The third kappa shape index (κ3) is 6.35. The molecule has 0 amide bonds. The average molecular weight is 772 g/mol. The molecule has 2 aromatic heterocycles. The van der Waals surface area contributed by atoms with E-state index in [1.165, 1.54) is 5.56 Å². The third-order valence-corrected chi connectivity index (χ3v) is 11.1. The van der Waals surface area contributed by atoms with Gasteiger partial charge in [0.25, 0.3) is 0 Å². The highest BCUT2D eigenvalue weighted by atomic mass is 16.3. The smallest absolute Gasteiger partial charge is 0.227 e. The Morgan fingerprint density at radius 1 is 0.317 bits per heavy atom. The molecule has 11 rings (SSSR count). The number of aromatic nitrogens is 1. The molecule has 0 aliphatic heterocycles. The molecule has 0 saturated carbocycles. The Hall–Kier alpha value is -8.15. The second-order valence-corrected chi connectivity index (χ2v) is 14.8. The Morgan fingerprint density at radius 2 is 0.883 bits per heavy atom. The molecule has 5 heteroatoms. The van der Waals surface area contributed by atoms with Gasteiger partial charge in [-0.05, 0) is 89.5 Å². The van der Waals surface area contributed by atoms with Gasteiger partial charge in [-0.25, -0.2) is 4.98 Å². The van der Waals surface area contributed by atoms with E-state index in [4.69, 9.17) is 13.8 Å². The lowest BCUT2D eigenvalue weighted by molar-refractivity contribution is 0.620. The molecule has 11 aromatic rings. The van der Waals surface area contributed by atoms with Crippen molar-refractivity contribution in [1.82, 2.24) is 4.98 Å². The Labute approximate surface area is 347 Å². The van der Waals surface area contributed by atoms with Gasteiger partial charge in [-0.3, -0.25) is 0 Å². The SMILES string of the molecule is c1ccc(-c2ccc(N(c3ccccc3)c3cc(N(c4ccc5oc6ccccc6c5c4)c4ccccc4-c4ccccc4)c4nc(-c5ccccc5)oc4c3)cc2)cc1. The van der Waals surface area contributed by atoms with Crippen molar-refractivity contribution in [3.63, 3.8) is 0 Å². The van der Waals surface area contributed by atoms with E-state index in [9.17, 15) is 0 Å². The summed E-state index contributed by atoms with van der Waals surface area (Å²) in [5.74, 6) is 0.551. The highest BCUT2D eigenvalue weighted by Gasteiger charge is 2.26. The van der Waals surface area contributed by atoms with Crippen molar-refractivity contribution in [1.29, 1.82) is 0 Å². The summed E-state index contributed by atoms with van der Waals surface area (Å²) >= 11 is 0. The van der Waals surface area contributed by atoms with Crippen LogP contribution in [0.5, 0.6) is 0 Å². The molecular formula is C55H37N3O2. The standard InChI is InChI=1S/C55H37N3O2/c1-5-17-38(18-6-1)39-29-31-43(32-30-39)57(42-23-11-4-12-24-42)45-36-50(54-53(37-45)60-55(56-54)41-21-9-3-10-22-41)58(49-27-15-13-25-46(49)40-19-7-2-8-20-40)44-33-34-52-48(35-44)47-26-14-16-28-51(47)59-52/h1-37H. The molecule has 5 nitrogen and oxygen atoms in total. The molecule has 0 N–H and O–H groups in total. The van der Waals surface area contributed by atoms with Crippen molar-refractivity contribution < 1.29 is 8.83 Å². The zero-order valence-corrected chi connectivity index (χ0v) is 32.5. The normalized spacial score (nSPS) is 11.3. The van der Waals surface area contributed by atoms with Crippen LogP contribution < -0.4 is 9.80 Å². The zero-order valence-electron chi connectivity index (χ0n) is 32.5. The van der Waals surface area contributed by atoms with E-state index in [-0.39, 0.29) is 0 Å². The average Bonchev–Trinajstić information content (AvgIpc) is 3.93. The van der Waals surface area contributed by atoms with Gasteiger partial charge < -0.3 is 18.6 Å². The van der Waals surface area contributed by atoms with E-state index in [2.05, 4.69) is 186 Å². The quantitative estimate of drug-likeness (QED) is 0.146. The van der Waals surface area contributed by atoms with E-state index in [0.717, 1.165) is 83.8 Å². The Balaban J connectivity index is 1.20. The van der Waals surface area contributed by atoms with Crippen LogP contribution in [0.1, 0.15) is 0 Å². The van der Waals surface area contributed by atoms with Crippen LogP contribution in [0.4, 0.5) is 34.1 Å². The van der Waals surface area contributed by atoms with Crippen LogP contribution in [0.25, 0.3) is 66.7 Å². The Morgan fingerprint density at radius 3 is 1.63 bits per heavy atom. The molecule has 284 valence electrons. The summed E-state index contributed by atoms with van der Waals surface area (Å²) in [6.45, 7) is 0. The number of oxazole rings is 1. The lowest BCUT2D eigenvalue weighted by Gasteiger charge is -2.30. The van der Waals surface area contributed by atoms with Crippen LogP contribution in [0.15, 0.2) is 233 Å². The van der Waals surface area contributed by atoms with Crippen LogP contribution in [0.3, 0.4) is 0 Å². The number of rotatable bonds is 9. The fraction of sp³-hybridized carbons (Fsp3) is 0. The minimum absolute atomic E-state index is 0.551. The largest absolute Gasteiger partial charge is 0.456 e. The van der Waals surface area contributed by atoms with Crippen molar-refractivity contribution in [2.24, 2.45) is 0 Å². The van der Waals surface area contributed by atoms with Crippen molar-refractivity contribution in [3.05, 3.63) is 224 Å². The summed E-state index contributed by atoms with van der Waals surface area (Å²) in [6.07, 6.45) is 0. The predicted octanol–water partition coefficient (Wildman–Crippen LogP) is 15.7. The highest BCUT2D eigenvalue weighted by Crippen LogP contribution is 2.48. The number of benzene rings is 9. The number of anilines is 6. The first-order valence-corrected chi connectivity index (χ1v) is 20.1. The lowest BCUT2D eigenvalue weighted by Crippen LogP contribution is -2.14. The lowest BCUT2D eigenvalue weighted by atomic mass is 10.0. The maximum absolute atomic E-state index is 6.81. The van der Waals surface area contributed by atoms with Gasteiger partial charge >= 0.3 is 0 Å². The van der Waals surface area contributed by atoms with Gasteiger partial charge in [-0.15, -0.1) is 0 Å². The summed E-state index contributed by atoms with van der Waals surface area (Å²) in [7, 11) is 0. The first-order chi connectivity index (χ1) is 29.7. The Kier molecular flexibility index (Phi) is 8.75. The predicted molar refractivity (Wildman–Crippen MR) is 247 cm³/mol. The van der Waals surface area contributed by atoms with E-state index in [1.54, 1.807) is 0 Å². The minimum Gasteiger partial charge on any atom is -0.456 e. The van der Waals surface area contributed by atoms with Crippen molar-refractivity contribution in [2.45, 2.75) is 0 Å². The van der Waals surface area contributed by atoms with Gasteiger partial charge in [-0.2, -0.15) is 0 Å². The molecule has 0 fully saturated rings. The number of hydrogen-bond donors (Lipinski definition) is 0. The van der Waals surface area contributed by atoms with Crippen LogP contribution in [0.2, 0.25) is 0 Å². The fourth-order valence-corrected chi connectivity index (χ4v) is 8.25. The summed E-state index contributed by atoms with van der Waals surface area (Å²) in [6, 6.07) is 78.0. The molecule has 0 aliphatic rings. The molecule has 2 heterocycles. The Bertz CT molecular complexity index is 3250. The van der Waals surface area contributed by atoms with Crippen molar-refractivity contribution in [2.75, 3.05) is 9.80 Å². The van der Waals surface area contributed by atoms with E-state index < -0.39 is 0 Å². The number of fused-ring (bicyclic) bond motifs is 4. The van der Waals surface area contributed by atoms with Crippen molar-refractivity contribution in [3.8, 4) is 33.7 Å². The second-order valence-electron chi connectivity index (χ2n) is 14.8. The van der Waals surface area contributed by atoms with E-state index in [1.807, 2.05) is 48.5 Å². The molecule has 0 saturated heterocycles. The molecule has 0 unspecified atom stereocenters.